The van der Waals surface area contributed by atoms with E-state index in [2.05, 4.69) is 14.5 Å². The zero-order chi connectivity index (χ0) is 13.3. The lowest BCUT2D eigenvalue weighted by Gasteiger charge is -2.18. The van der Waals surface area contributed by atoms with Crippen LogP contribution in [-0.4, -0.2) is 46.2 Å². The molecule has 1 atom stereocenters. The molecule has 1 aliphatic carbocycles. The molecule has 100 valence electrons. The Hall–Kier alpha value is -1.36. The van der Waals surface area contributed by atoms with E-state index in [1.54, 1.807) is 0 Å². The molecule has 2 rings (SSSR count). The van der Waals surface area contributed by atoms with Crippen LogP contribution in [0.4, 0.5) is 0 Å². The minimum Gasteiger partial charge on any atom is -0.481 e. The SMILES string of the molecule is CN(C)CCc1nc2c(n1C)CCC(C(=O)O)C2. The van der Waals surface area contributed by atoms with Gasteiger partial charge >= 0.3 is 5.97 Å². The van der Waals surface area contributed by atoms with Crippen LogP contribution in [0.3, 0.4) is 0 Å². The van der Waals surface area contributed by atoms with Gasteiger partial charge in [-0.2, -0.15) is 0 Å². The molecular weight excluding hydrogens is 230 g/mol. The number of aliphatic carboxylic acids is 1. The van der Waals surface area contributed by atoms with Crippen LogP contribution in [0.25, 0.3) is 0 Å². The summed E-state index contributed by atoms with van der Waals surface area (Å²) in [7, 11) is 6.13. The Morgan fingerprint density at radius 3 is 2.89 bits per heavy atom. The second-order valence-corrected chi connectivity index (χ2v) is 5.31. The summed E-state index contributed by atoms with van der Waals surface area (Å²) in [6.45, 7) is 0.964. The largest absolute Gasteiger partial charge is 0.481 e. The number of hydrogen-bond acceptors (Lipinski definition) is 3. The van der Waals surface area contributed by atoms with Gasteiger partial charge in [0.1, 0.15) is 5.82 Å². The lowest BCUT2D eigenvalue weighted by molar-refractivity contribution is -0.142. The van der Waals surface area contributed by atoms with Crippen molar-refractivity contribution in [3.63, 3.8) is 0 Å². The number of imidazole rings is 1. The Kier molecular flexibility index (Phi) is 3.71. The van der Waals surface area contributed by atoms with Gasteiger partial charge in [-0.15, -0.1) is 0 Å². The van der Waals surface area contributed by atoms with Gasteiger partial charge in [0.25, 0.3) is 0 Å². The van der Waals surface area contributed by atoms with Gasteiger partial charge < -0.3 is 14.6 Å². The zero-order valence-corrected chi connectivity index (χ0v) is 11.3. The van der Waals surface area contributed by atoms with Crippen molar-refractivity contribution in [2.75, 3.05) is 20.6 Å². The predicted octanol–water partition coefficient (Wildman–Crippen LogP) is 0.714. The summed E-state index contributed by atoms with van der Waals surface area (Å²) in [5, 5.41) is 9.07. The maximum absolute atomic E-state index is 11.0. The molecule has 0 spiro atoms. The van der Waals surface area contributed by atoms with Crippen molar-refractivity contribution in [3.05, 3.63) is 17.2 Å². The molecule has 1 unspecified atom stereocenters. The number of fused-ring (bicyclic) bond motifs is 1. The monoisotopic (exact) mass is 251 g/mol. The number of aromatic nitrogens is 2. The molecule has 1 heterocycles. The van der Waals surface area contributed by atoms with Crippen LogP contribution in [0, 0.1) is 5.92 Å². The summed E-state index contributed by atoms with van der Waals surface area (Å²) in [5.41, 5.74) is 2.21. The van der Waals surface area contributed by atoms with Gasteiger partial charge in [-0.3, -0.25) is 4.79 Å². The molecule has 0 fully saturated rings. The highest BCUT2D eigenvalue weighted by molar-refractivity contribution is 5.70. The average Bonchev–Trinajstić information content (AvgIpc) is 2.63. The fourth-order valence-electron chi connectivity index (χ4n) is 2.52. The third-order valence-electron chi connectivity index (χ3n) is 3.69. The summed E-state index contributed by atoms with van der Waals surface area (Å²) in [6, 6.07) is 0. The van der Waals surface area contributed by atoms with Crippen LogP contribution in [0.1, 0.15) is 23.6 Å². The summed E-state index contributed by atoms with van der Waals surface area (Å²) in [6.07, 6.45) is 3.06. The molecule has 1 aromatic heterocycles. The van der Waals surface area contributed by atoms with Crippen molar-refractivity contribution < 1.29 is 9.90 Å². The molecule has 0 radical (unpaired) electrons. The van der Waals surface area contributed by atoms with Crippen molar-refractivity contribution in [1.82, 2.24) is 14.5 Å². The minimum absolute atomic E-state index is 0.255. The Labute approximate surface area is 107 Å². The first kappa shape index (κ1) is 13.1. The Morgan fingerprint density at radius 2 is 2.28 bits per heavy atom. The zero-order valence-electron chi connectivity index (χ0n) is 11.3. The van der Waals surface area contributed by atoms with E-state index in [4.69, 9.17) is 5.11 Å². The number of rotatable bonds is 4. The molecule has 1 N–H and O–H groups in total. The molecule has 1 aliphatic rings. The molecule has 5 nitrogen and oxygen atoms in total. The van der Waals surface area contributed by atoms with E-state index in [0.717, 1.165) is 37.3 Å². The summed E-state index contributed by atoms with van der Waals surface area (Å²) in [5.74, 6) is 0.120. The fourth-order valence-corrected chi connectivity index (χ4v) is 2.52. The van der Waals surface area contributed by atoms with Gasteiger partial charge in [-0.1, -0.05) is 0 Å². The molecule has 1 aromatic rings. The highest BCUT2D eigenvalue weighted by Crippen LogP contribution is 2.26. The van der Waals surface area contributed by atoms with Gasteiger partial charge in [-0.25, -0.2) is 4.98 Å². The van der Waals surface area contributed by atoms with Crippen molar-refractivity contribution in [2.45, 2.75) is 25.7 Å². The molecule has 0 bridgehead atoms. The van der Waals surface area contributed by atoms with Gasteiger partial charge in [0, 0.05) is 32.1 Å². The quantitative estimate of drug-likeness (QED) is 0.856. The van der Waals surface area contributed by atoms with Crippen molar-refractivity contribution >= 4 is 5.97 Å². The van der Waals surface area contributed by atoms with E-state index in [1.165, 1.54) is 5.69 Å². The number of nitrogens with zero attached hydrogens (tertiary/aromatic N) is 3. The third-order valence-corrected chi connectivity index (χ3v) is 3.69. The van der Waals surface area contributed by atoms with Crippen molar-refractivity contribution in [2.24, 2.45) is 13.0 Å². The normalized spacial score (nSPS) is 19.0. The van der Waals surface area contributed by atoms with Gasteiger partial charge in [0.15, 0.2) is 0 Å². The number of carboxylic acids is 1. The second kappa shape index (κ2) is 5.10. The van der Waals surface area contributed by atoms with E-state index >= 15 is 0 Å². The summed E-state index contributed by atoms with van der Waals surface area (Å²) >= 11 is 0. The summed E-state index contributed by atoms with van der Waals surface area (Å²) in [4.78, 5) is 17.8. The van der Waals surface area contributed by atoms with E-state index in [9.17, 15) is 4.79 Å². The van der Waals surface area contributed by atoms with E-state index in [0.29, 0.717) is 6.42 Å². The molecule has 0 amide bonds. The third kappa shape index (κ3) is 2.56. The Bertz CT molecular complexity index is 451. The lowest BCUT2D eigenvalue weighted by Crippen LogP contribution is -2.22. The molecule has 0 saturated heterocycles. The molecule has 0 aromatic carbocycles. The van der Waals surface area contributed by atoms with Crippen LogP contribution >= 0.6 is 0 Å². The second-order valence-electron chi connectivity index (χ2n) is 5.31. The molecular formula is C13H21N3O2. The lowest BCUT2D eigenvalue weighted by atomic mass is 9.90. The Balaban J connectivity index is 2.15. The number of hydrogen-bond donors (Lipinski definition) is 1. The first-order valence-electron chi connectivity index (χ1n) is 6.40. The molecule has 0 aliphatic heterocycles. The average molecular weight is 251 g/mol. The van der Waals surface area contributed by atoms with Crippen LogP contribution in [0.15, 0.2) is 0 Å². The highest BCUT2D eigenvalue weighted by atomic mass is 16.4. The van der Waals surface area contributed by atoms with Gasteiger partial charge in [0.2, 0.25) is 0 Å². The van der Waals surface area contributed by atoms with Crippen LogP contribution < -0.4 is 0 Å². The van der Waals surface area contributed by atoms with Crippen LogP contribution in [0.5, 0.6) is 0 Å². The van der Waals surface area contributed by atoms with Gasteiger partial charge in [-0.05, 0) is 26.9 Å². The molecule has 18 heavy (non-hydrogen) atoms. The standard InChI is InChI=1S/C13H21N3O2/c1-15(2)7-6-12-14-10-8-9(13(17)18)4-5-11(10)16(12)3/h9H,4-8H2,1-3H3,(H,17,18). The predicted molar refractivity (Wildman–Crippen MR) is 68.6 cm³/mol. The van der Waals surface area contributed by atoms with E-state index in [1.807, 2.05) is 21.1 Å². The number of likely N-dealkylation sites (N-methyl/N-ethyl adjacent to an activating group) is 1. The topological polar surface area (TPSA) is 58.4 Å². The number of carbonyl (C=O) groups is 1. The van der Waals surface area contributed by atoms with Gasteiger partial charge in [0.05, 0.1) is 11.6 Å². The van der Waals surface area contributed by atoms with E-state index < -0.39 is 5.97 Å². The van der Waals surface area contributed by atoms with E-state index in [-0.39, 0.29) is 5.92 Å². The van der Waals surface area contributed by atoms with Crippen LogP contribution in [-0.2, 0) is 31.1 Å². The van der Waals surface area contributed by atoms with Crippen LogP contribution in [0.2, 0.25) is 0 Å². The summed E-state index contributed by atoms with van der Waals surface area (Å²) < 4.78 is 2.15. The number of carboxylic acid groups (broad SMARTS) is 1. The Morgan fingerprint density at radius 1 is 1.56 bits per heavy atom. The minimum atomic E-state index is -0.693. The maximum Gasteiger partial charge on any atom is 0.306 e. The fraction of sp³-hybridized carbons (Fsp3) is 0.692. The first-order chi connectivity index (χ1) is 8.49. The molecule has 5 heteroatoms. The van der Waals surface area contributed by atoms with Crippen molar-refractivity contribution in [1.29, 1.82) is 0 Å². The maximum atomic E-state index is 11.0. The van der Waals surface area contributed by atoms with Crippen molar-refractivity contribution in [3.8, 4) is 0 Å². The first-order valence-corrected chi connectivity index (χ1v) is 6.40. The highest BCUT2D eigenvalue weighted by Gasteiger charge is 2.28. The molecule has 0 saturated carbocycles. The smallest absolute Gasteiger partial charge is 0.306 e.